The predicted octanol–water partition coefficient (Wildman–Crippen LogP) is 2.69. The molecule has 2 rings (SSSR count). The van der Waals surface area contributed by atoms with Crippen LogP contribution >= 0.6 is 0 Å². The second-order valence-corrected chi connectivity index (χ2v) is 5.58. The van der Waals surface area contributed by atoms with Crippen molar-refractivity contribution in [1.82, 2.24) is 0 Å². The van der Waals surface area contributed by atoms with E-state index in [1.165, 1.54) is 0 Å². The maximum Gasteiger partial charge on any atom is 0.159 e. The van der Waals surface area contributed by atoms with E-state index in [1.807, 2.05) is 38.1 Å². The third-order valence-corrected chi connectivity index (χ3v) is 3.74. The summed E-state index contributed by atoms with van der Waals surface area (Å²) in [5, 5.41) is 0. The molecule has 3 nitrogen and oxygen atoms in total. The standard InChI is InChI=1S/C15H19NO2/c1-11(17)12-4-6-13(7-5-12)16-9-8-15(2,3)14(18)10-16/h4-7H,8-10H2,1-3H3. The Hall–Kier alpha value is -1.64. The Bertz CT molecular complexity index is 474. The Morgan fingerprint density at radius 3 is 2.33 bits per heavy atom. The minimum absolute atomic E-state index is 0.0670. The molecular formula is C15H19NO2. The third-order valence-electron chi connectivity index (χ3n) is 3.74. The molecule has 0 bridgehead atoms. The predicted molar refractivity (Wildman–Crippen MR) is 72.1 cm³/mol. The van der Waals surface area contributed by atoms with Crippen LogP contribution in [0.5, 0.6) is 0 Å². The van der Waals surface area contributed by atoms with Crippen LogP contribution in [0.15, 0.2) is 24.3 Å². The number of hydrogen-bond donors (Lipinski definition) is 0. The molecule has 0 unspecified atom stereocenters. The van der Waals surface area contributed by atoms with Crippen LogP contribution in [-0.4, -0.2) is 24.7 Å². The first-order valence-corrected chi connectivity index (χ1v) is 6.29. The largest absolute Gasteiger partial charge is 0.364 e. The lowest BCUT2D eigenvalue weighted by molar-refractivity contribution is -0.127. The van der Waals surface area contributed by atoms with Crippen LogP contribution in [0.1, 0.15) is 37.6 Å². The molecule has 1 aliphatic heterocycles. The lowest BCUT2D eigenvalue weighted by atomic mass is 9.81. The highest BCUT2D eigenvalue weighted by Crippen LogP contribution is 2.29. The number of hydrogen-bond acceptors (Lipinski definition) is 3. The first-order chi connectivity index (χ1) is 8.40. The molecule has 1 saturated heterocycles. The van der Waals surface area contributed by atoms with Gasteiger partial charge >= 0.3 is 0 Å². The Kier molecular flexibility index (Phi) is 3.24. The zero-order valence-corrected chi connectivity index (χ0v) is 11.2. The minimum atomic E-state index is -0.199. The fraction of sp³-hybridized carbons (Fsp3) is 0.467. The fourth-order valence-electron chi connectivity index (χ4n) is 2.15. The van der Waals surface area contributed by atoms with Crippen LogP contribution in [0.3, 0.4) is 0 Å². The Morgan fingerprint density at radius 2 is 1.83 bits per heavy atom. The van der Waals surface area contributed by atoms with Gasteiger partial charge in [-0.25, -0.2) is 0 Å². The van der Waals surface area contributed by atoms with Crippen molar-refractivity contribution in [2.75, 3.05) is 18.0 Å². The fourth-order valence-corrected chi connectivity index (χ4v) is 2.15. The molecule has 1 aromatic rings. The van der Waals surface area contributed by atoms with Crippen molar-refractivity contribution in [3.05, 3.63) is 29.8 Å². The van der Waals surface area contributed by atoms with Crippen LogP contribution in [0.4, 0.5) is 5.69 Å². The topological polar surface area (TPSA) is 37.4 Å². The van der Waals surface area contributed by atoms with Gasteiger partial charge < -0.3 is 4.90 Å². The van der Waals surface area contributed by atoms with Gasteiger partial charge in [-0.1, -0.05) is 13.8 Å². The highest BCUT2D eigenvalue weighted by Gasteiger charge is 2.33. The van der Waals surface area contributed by atoms with Gasteiger partial charge in [0.25, 0.3) is 0 Å². The number of nitrogens with zero attached hydrogens (tertiary/aromatic N) is 1. The van der Waals surface area contributed by atoms with Crippen LogP contribution in [0.2, 0.25) is 0 Å². The Balaban J connectivity index is 2.14. The number of ketones is 2. The van der Waals surface area contributed by atoms with E-state index in [2.05, 4.69) is 4.90 Å². The lowest BCUT2D eigenvalue weighted by Crippen LogP contribution is -2.45. The van der Waals surface area contributed by atoms with Crippen molar-refractivity contribution in [2.45, 2.75) is 27.2 Å². The zero-order chi connectivity index (χ0) is 13.3. The van der Waals surface area contributed by atoms with Crippen molar-refractivity contribution in [3.63, 3.8) is 0 Å². The monoisotopic (exact) mass is 245 g/mol. The third kappa shape index (κ3) is 2.45. The van der Waals surface area contributed by atoms with E-state index in [0.29, 0.717) is 12.1 Å². The SMILES string of the molecule is CC(=O)c1ccc(N2CCC(C)(C)C(=O)C2)cc1. The van der Waals surface area contributed by atoms with E-state index < -0.39 is 0 Å². The number of benzene rings is 1. The van der Waals surface area contributed by atoms with Gasteiger partial charge in [-0.05, 0) is 37.6 Å². The van der Waals surface area contributed by atoms with Crippen LogP contribution in [0.25, 0.3) is 0 Å². The summed E-state index contributed by atoms with van der Waals surface area (Å²) in [5.41, 5.74) is 1.53. The molecule has 0 saturated carbocycles. The molecule has 3 heteroatoms. The average Bonchev–Trinajstić information content (AvgIpc) is 2.33. The van der Waals surface area contributed by atoms with E-state index in [1.54, 1.807) is 6.92 Å². The highest BCUT2D eigenvalue weighted by atomic mass is 16.1. The molecule has 1 aliphatic rings. The summed E-state index contributed by atoms with van der Waals surface area (Å²) >= 11 is 0. The molecule has 0 N–H and O–H groups in total. The molecule has 0 amide bonds. The molecule has 0 aromatic heterocycles. The molecular weight excluding hydrogens is 226 g/mol. The summed E-state index contributed by atoms with van der Waals surface area (Å²) in [6.07, 6.45) is 0.875. The summed E-state index contributed by atoms with van der Waals surface area (Å²) < 4.78 is 0. The van der Waals surface area contributed by atoms with E-state index >= 15 is 0 Å². The van der Waals surface area contributed by atoms with Crippen LogP contribution < -0.4 is 4.90 Å². The summed E-state index contributed by atoms with van der Waals surface area (Å²) in [6.45, 7) is 6.92. The summed E-state index contributed by atoms with van der Waals surface area (Å²) in [5.74, 6) is 0.349. The lowest BCUT2D eigenvalue weighted by Gasteiger charge is -2.36. The van der Waals surface area contributed by atoms with Crippen LogP contribution in [-0.2, 0) is 4.79 Å². The molecule has 1 fully saturated rings. The summed E-state index contributed by atoms with van der Waals surface area (Å²) in [7, 11) is 0. The first kappa shape index (κ1) is 12.8. The first-order valence-electron chi connectivity index (χ1n) is 6.29. The number of piperidine rings is 1. The minimum Gasteiger partial charge on any atom is -0.364 e. The van der Waals surface area contributed by atoms with Gasteiger partial charge in [0.1, 0.15) is 0 Å². The molecule has 18 heavy (non-hydrogen) atoms. The van der Waals surface area contributed by atoms with Gasteiger partial charge in [-0.3, -0.25) is 9.59 Å². The Labute approximate surface area is 108 Å². The van der Waals surface area contributed by atoms with Crippen molar-refractivity contribution in [3.8, 4) is 0 Å². The second-order valence-electron chi connectivity index (χ2n) is 5.58. The maximum atomic E-state index is 12.0. The smallest absolute Gasteiger partial charge is 0.159 e. The van der Waals surface area contributed by atoms with E-state index in [-0.39, 0.29) is 17.0 Å². The Morgan fingerprint density at radius 1 is 1.22 bits per heavy atom. The summed E-state index contributed by atoms with van der Waals surface area (Å²) in [6, 6.07) is 7.48. The maximum absolute atomic E-state index is 12.0. The molecule has 0 radical (unpaired) electrons. The quantitative estimate of drug-likeness (QED) is 0.752. The van der Waals surface area contributed by atoms with Gasteiger partial charge in [0.2, 0.25) is 0 Å². The van der Waals surface area contributed by atoms with E-state index in [0.717, 1.165) is 18.7 Å². The van der Waals surface area contributed by atoms with Crippen molar-refractivity contribution < 1.29 is 9.59 Å². The van der Waals surface area contributed by atoms with Crippen LogP contribution in [0, 0.1) is 5.41 Å². The number of carbonyl (C=O) groups is 2. The second kappa shape index (κ2) is 4.56. The van der Waals surface area contributed by atoms with Gasteiger partial charge in [-0.15, -0.1) is 0 Å². The number of carbonyl (C=O) groups excluding carboxylic acids is 2. The van der Waals surface area contributed by atoms with Gasteiger partial charge in [-0.2, -0.15) is 0 Å². The van der Waals surface area contributed by atoms with Crippen molar-refractivity contribution >= 4 is 17.3 Å². The van der Waals surface area contributed by atoms with Gasteiger partial charge in [0, 0.05) is 23.2 Å². The number of anilines is 1. The van der Waals surface area contributed by atoms with E-state index in [9.17, 15) is 9.59 Å². The molecule has 0 atom stereocenters. The number of rotatable bonds is 2. The summed E-state index contributed by atoms with van der Waals surface area (Å²) in [4.78, 5) is 25.3. The normalized spacial score (nSPS) is 18.8. The highest BCUT2D eigenvalue weighted by molar-refractivity contribution is 5.94. The molecule has 1 aromatic carbocycles. The van der Waals surface area contributed by atoms with Gasteiger partial charge in [0.15, 0.2) is 11.6 Å². The molecule has 96 valence electrons. The molecule has 0 aliphatic carbocycles. The molecule has 0 spiro atoms. The van der Waals surface area contributed by atoms with E-state index in [4.69, 9.17) is 0 Å². The molecule has 1 heterocycles. The van der Waals surface area contributed by atoms with Crippen molar-refractivity contribution in [2.24, 2.45) is 5.41 Å². The van der Waals surface area contributed by atoms with Crippen molar-refractivity contribution in [1.29, 1.82) is 0 Å². The van der Waals surface area contributed by atoms with Gasteiger partial charge in [0.05, 0.1) is 6.54 Å². The number of Topliss-reactive ketones (excluding diaryl/α,β-unsaturated/α-hetero) is 2. The average molecular weight is 245 g/mol. The zero-order valence-electron chi connectivity index (χ0n) is 11.2.